The van der Waals surface area contributed by atoms with Gasteiger partial charge in [0.15, 0.2) is 5.11 Å². The van der Waals surface area contributed by atoms with Gasteiger partial charge in [0, 0.05) is 37.2 Å². The van der Waals surface area contributed by atoms with Crippen molar-refractivity contribution in [3.8, 4) is 0 Å². The maximum absolute atomic E-state index is 11.4. The molecule has 2 N–H and O–H groups in total. The van der Waals surface area contributed by atoms with Crippen LogP contribution >= 0.6 is 12.2 Å². The van der Waals surface area contributed by atoms with E-state index >= 15 is 0 Å². The molecule has 2 heterocycles. The fourth-order valence-corrected chi connectivity index (χ4v) is 3.32. The Labute approximate surface area is 124 Å². The van der Waals surface area contributed by atoms with Crippen molar-refractivity contribution >= 4 is 28.9 Å². The minimum atomic E-state index is 0.0918. The van der Waals surface area contributed by atoms with Gasteiger partial charge in [-0.25, -0.2) is 0 Å². The van der Waals surface area contributed by atoms with Crippen molar-refractivity contribution in [3.05, 3.63) is 29.8 Å². The van der Waals surface area contributed by atoms with Crippen LogP contribution in [0.1, 0.15) is 18.4 Å². The highest BCUT2D eigenvalue weighted by molar-refractivity contribution is 7.80. The first-order valence-corrected chi connectivity index (χ1v) is 7.37. The molecule has 3 rings (SSSR count). The quantitative estimate of drug-likeness (QED) is 0.775. The van der Waals surface area contributed by atoms with Crippen LogP contribution in [-0.2, 0) is 4.79 Å². The monoisotopic (exact) mass is 289 g/mol. The van der Waals surface area contributed by atoms with Crippen LogP contribution in [0.2, 0.25) is 0 Å². The number of likely N-dealkylation sites (tertiary alicyclic amines) is 1. The molecule has 4 nitrogen and oxygen atoms in total. The van der Waals surface area contributed by atoms with Gasteiger partial charge in [0.05, 0.1) is 0 Å². The standard InChI is InChI=1S/C15H19N3OS/c1-11-4-2-3-5-12(11)17-14(20)18-7-6-15(10-18)8-13(19)16-9-15/h2-5H,6-10H2,1H3,(H,16,19)(H,17,20). The lowest BCUT2D eigenvalue weighted by atomic mass is 9.86. The third kappa shape index (κ3) is 2.50. The van der Waals surface area contributed by atoms with E-state index in [1.54, 1.807) is 0 Å². The van der Waals surface area contributed by atoms with Crippen LogP contribution in [0.15, 0.2) is 24.3 Å². The number of carbonyl (C=O) groups is 1. The summed E-state index contributed by atoms with van der Waals surface area (Å²) in [7, 11) is 0. The van der Waals surface area contributed by atoms with Gasteiger partial charge in [0.1, 0.15) is 0 Å². The Morgan fingerprint density at radius 2 is 2.25 bits per heavy atom. The first-order valence-electron chi connectivity index (χ1n) is 6.96. The molecule has 5 heteroatoms. The first-order chi connectivity index (χ1) is 9.58. The normalized spacial score (nSPS) is 25.1. The van der Waals surface area contributed by atoms with Crippen LogP contribution in [0.5, 0.6) is 0 Å². The lowest BCUT2D eigenvalue weighted by Gasteiger charge is -2.24. The second-order valence-corrected chi connectivity index (χ2v) is 6.26. The van der Waals surface area contributed by atoms with E-state index in [1.165, 1.54) is 5.56 Å². The molecule has 0 bridgehead atoms. The van der Waals surface area contributed by atoms with Gasteiger partial charge >= 0.3 is 0 Å². The Hall–Kier alpha value is -1.62. The van der Waals surface area contributed by atoms with Crippen molar-refractivity contribution in [2.75, 3.05) is 25.0 Å². The predicted molar refractivity (Wildman–Crippen MR) is 83.6 cm³/mol. The van der Waals surface area contributed by atoms with Crippen molar-refractivity contribution in [3.63, 3.8) is 0 Å². The molecule has 0 saturated carbocycles. The van der Waals surface area contributed by atoms with Gasteiger partial charge < -0.3 is 15.5 Å². The van der Waals surface area contributed by atoms with E-state index in [9.17, 15) is 4.79 Å². The summed E-state index contributed by atoms with van der Waals surface area (Å²) >= 11 is 5.51. The zero-order chi connectivity index (χ0) is 14.2. The smallest absolute Gasteiger partial charge is 0.220 e. The van der Waals surface area contributed by atoms with Gasteiger partial charge in [-0.05, 0) is 37.2 Å². The van der Waals surface area contributed by atoms with Gasteiger partial charge in [-0.2, -0.15) is 0 Å². The number of nitrogens with one attached hydrogen (secondary N) is 2. The van der Waals surface area contributed by atoms with E-state index in [4.69, 9.17) is 12.2 Å². The van der Waals surface area contributed by atoms with E-state index in [-0.39, 0.29) is 11.3 Å². The van der Waals surface area contributed by atoms with Crippen molar-refractivity contribution in [1.82, 2.24) is 10.2 Å². The molecule has 2 aliphatic heterocycles. The number of hydrogen-bond acceptors (Lipinski definition) is 2. The summed E-state index contributed by atoms with van der Waals surface area (Å²) in [5.74, 6) is 0.171. The van der Waals surface area contributed by atoms with E-state index in [0.29, 0.717) is 6.42 Å². The minimum absolute atomic E-state index is 0.0918. The Kier molecular flexibility index (Phi) is 3.38. The summed E-state index contributed by atoms with van der Waals surface area (Å²) in [5, 5.41) is 7.02. The summed E-state index contributed by atoms with van der Waals surface area (Å²) in [6.07, 6.45) is 1.66. The number of aryl methyl sites for hydroxylation is 1. The van der Waals surface area contributed by atoms with Crippen molar-refractivity contribution in [2.45, 2.75) is 19.8 Å². The molecular weight excluding hydrogens is 270 g/mol. The molecular formula is C15H19N3OS. The zero-order valence-corrected chi connectivity index (χ0v) is 12.4. The molecule has 0 aliphatic carbocycles. The van der Waals surface area contributed by atoms with E-state index in [0.717, 1.165) is 36.9 Å². The molecule has 106 valence electrons. The van der Waals surface area contributed by atoms with Crippen molar-refractivity contribution in [2.24, 2.45) is 5.41 Å². The Morgan fingerprint density at radius 1 is 1.45 bits per heavy atom. The lowest BCUT2D eigenvalue weighted by Crippen LogP contribution is -2.36. The van der Waals surface area contributed by atoms with E-state index in [1.807, 2.05) is 18.2 Å². The Bertz CT molecular complexity index is 560. The molecule has 1 unspecified atom stereocenters. The third-order valence-electron chi connectivity index (χ3n) is 4.31. The number of benzene rings is 1. The Balaban J connectivity index is 1.65. The molecule has 20 heavy (non-hydrogen) atoms. The molecule has 1 atom stereocenters. The number of amides is 1. The van der Waals surface area contributed by atoms with Crippen LogP contribution < -0.4 is 10.6 Å². The molecule has 1 amide bonds. The van der Waals surface area contributed by atoms with Gasteiger partial charge in [-0.3, -0.25) is 4.79 Å². The summed E-state index contributed by atoms with van der Waals surface area (Å²) in [6, 6.07) is 8.12. The lowest BCUT2D eigenvalue weighted by molar-refractivity contribution is -0.119. The second kappa shape index (κ2) is 5.05. The van der Waals surface area contributed by atoms with Crippen molar-refractivity contribution in [1.29, 1.82) is 0 Å². The number of thiocarbonyl (C=S) groups is 1. The van der Waals surface area contributed by atoms with E-state index < -0.39 is 0 Å². The van der Waals surface area contributed by atoms with Crippen LogP contribution in [0, 0.1) is 12.3 Å². The van der Waals surface area contributed by atoms with E-state index in [2.05, 4.69) is 28.5 Å². The average Bonchev–Trinajstić information content (AvgIpc) is 3.00. The van der Waals surface area contributed by atoms with Crippen LogP contribution in [0.3, 0.4) is 0 Å². The highest BCUT2D eigenvalue weighted by Crippen LogP contribution is 2.36. The molecule has 1 aromatic carbocycles. The number of nitrogens with zero attached hydrogens (tertiary/aromatic N) is 1. The number of anilines is 1. The molecule has 1 spiro atoms. The number of rotatable bonds is 1. The van der Waals surface area contributed by atoms with Gasteiger partial charge in [-0.1, -0.05) is 18.2 Å². The van der Waals surface area contributed by atoms with Crippen LogP contribution in [-0.4, -0.2) is 35.6 Å². The topological polar surface area (TPSA) is 44.4 Å². The molecule has 2 saturated heterocycles. The number of hydrogen-bond donors (Lipinski definition) is 2. The molecule has 2 fully saturated rings. The van der Waals surface area contributed by atoms with Gasteiger partial charge in [-0.15, -0.1) is 0 Å². The summed E-state index contributed by atoms with van der Waals surface area (Å²) in [6.45, 7) is 4.64. The maximum atomic E-state index is 11.4. The predicted octanol–water partition coefficient (Wildman–Crippen LogP) is 1.90. The van der Waals surface area contributed by atoms with Crippen LogP contribution in [0.25, 0.3) is 0 Å². The molecule has 0 radical (unpaired) electrons. The second-order valence-electron chi connectivity index (χ2n) is 5.87. The minimum Gasteiger partial charge on any atom is -0.355 e. The average molecular weight is 289 g/mol. The Morgan fingerprint density at radius 3 is 2.95 bits per heavy atom. The largest absolute Gasteiger partial charge is 0.355 e. The van der Waals surface area contributed by atoms with Crippen molar-refractivity contribution < 1.29 is 4.79 Å². The SMILES string of the molecule is Cc1ccccc1NC(=S)N1CCC2(CNC(=O)C2)C1. The highest BCUT2D eigenvalue weighted by atomic mass is 32.1. The third-order valence-corrected chi connectivity index (χ3v) is 4.67. The zero-order valence-electron chi connectivity index (χ0n) is 11.6. The van der Waals surface area contributed by atoms with Gasteiger partial charge in [0.2, 0.25) is 5.91 Å². The number of carbonyl (C=O) groups excluding carboxylic acids is 1. The van der Waals surface area contributed by atoms with Crippen LogP contribution in [0.4, 0.5) is 5.69 Å². The first kappa shape index (κ1) is 13.4. The fraction of sp³-hybridized carbons (Fsp3) is 0.467. The summed E-state index contributed by atoms with van der Waals surface area (Å²) in [4.78, 5) is 13.6. The fourth-order valence-electron chi connectivity index (χ4n) is 3.06. The summed E-state index contributed by atoms with van der Waals surface area (Å²) in [5.41, 5.74) is 2.33. The maximum Gasteiger partial charge on any atom is 0.220 e. The number of para-hydroxylation sites is 1. The highest BCUT2D eigenvalue weighted by Gasteiger charge is 2.44. The molecule has 0 aromatic heterocycles. The summed E-state index contributed by atoms with van der Waals surface area (Å²) < 4.78 is 0. The van der Waals surface area contributed by atoms with Gasteiger partial charge in [0.25, 0.3) is 0 Å². The molecule has 1 aromatic rings. The molecule has 2 aliphatic rings.